The van der Waals surface area contributed by atoms with Crippen molar-refractivity contribution in [1.82, 2.24) is 20.1 Å². The highest BCUT2D eigenvalue weighted by Crippen LogP contribution is 2.33. The Kier molecular flexibility index (Phi) is 5.49. The molecule has 0 bridgehead atoms. The number of hydrogen-bond donors (Lipinski definition) is 2. The van der Waals surface area contributed by atoms with Crippen molar-refractivity contribution in [2.75, 3.05) is 42.7 Å². The standard InChI is InChI=1S/C25H30N6O2S/c1-25(2,3)31-14-12-30(13-15-31)18-10-8-17(9-11-18)27-24-23-19(16-26-29-23)22-20(28-24)6-5-7-21(22)34(4,32)33/h5-11,16H,12-15H2,1-4H3,(H,26,29)(H,27,28). The van der Waals surface area contributed by atoms with Crippen LogP contribution in [0.3, 0.4) is 0 Å². The number of aromatic nitrogens is 3. The number of hydrogen-bond acceptors (Lipinski definition) is 7. The second kappa shape index (κ2) is 8.25. The second-order valence-electron chi connectivity index (χ2n) is 9.86. The molecule has 178 valence electrons. The third-order valence-corrected chi connectivity index (χ3v) is 7.64. The summed E-state index contributed by atoms with van der Waals surface area (Å²) in [5, 5.41) is 11.8. The lowest BCUT2D eigenvalue weighted by molar-refractivity contribution is 0.128. The van der Waals surface area contributed by atoms with Crippen LogP contribution in [0.5, 0.6) is 0 Å². The van der Waals surface area contributed by atoms with E-state index in [0.29, 0.717) is 22.2 Å². The van der Waals surface area contributed by atoms with Crippen molar-refractivity contribution in [1.29, 1.82) is 0 Å². The molecule has 2 N–H and O–H groups in total. The van der Waals surface area contributed by atoms with Gasteiger partial charge in [0.15, 0.2) is 15.7 Å². The van der Waals surface area contributed by atoms with Gasteiger partial charge in [0.2, 0.25) is 0 Å². The zero-order chi connectivity index (χ0) is 24.1. The van der Waals surface area contributed by atoms with E-state index in [4.69, 9.17) is 4.98 Å². The Morgan fingerprint density at radius 1 is 1.00 bits per heavy atom. The van der Waals surface area contributed by atoms with E-state index in [1.807, 2.05) is 18.2 Å². The molecule has 3 heterocycles. The maximum atomic E-state index is 12.3. The summed E-state index contributed by atoms with van der Waals surface area (Å²) in [4.78, 5) is 9.92. The lowest BCUT2D eigenvalue weighted by Gasteiger charge is -2.43. The molecule has 1 saturated heterocycles. The SMILES string of the molecule is CC(C)(C)N1CCN(c2ccc(Nc3nc4cccc(S(C)(=O)=O)c4c4cn[nH]c34)cc2)CC1. The van der Waals surface area contributed by atoms with E-state index in [-0.39, 0.29) is 10.4 Å². The van der Waals surface area contributed by atoms with Crippen LogP contribution in [0.15, 0.2) is 53.6 Å². The average molecular weight is 479 g/mol. The Labute approximate surface area is 199 Å². The molecule has 0 spiro atoms. The van der Waals surface area contributed by atoms with Crippen molar-refractivity contribution >= 4 is 48.8 Å². The van der Waals surface area contributed by atoms with Crippen LogP contribution in [-0.4, -0.2) is 66.5 Å². The largest absolute Gasteiger partial charge is 0.369 e. The quantitative estimate of drug-likeness (QED) is 0.454. The number of benzene rings is 2. The van der Waals surface area contributed by atoms with Gasteiger partial charge in [0.1, 0.15) is 5.52 Å². The smallest absolute Gasteiger partial charge is 0.176 e. The van der Waals surface area contributed by atoms with Crippen LogP contribution in [0, 0.1) is 0 Å². The van der Waals surface area contributed by atoms with E-state index < -0.39 is 9.84 Å². The third-order valence-electron chi connectivity index (χ3n) is 6.50. The highest BCUT2D eigenvalue weighted by Gasteiger charge is 2.26. The maximum Gasteiger partial charge on any atom is 0.176 e. The van der Waals surface area contributed by atoms with E-state index in [1.165, 1.54) is 11.9 Å². The van der Waals surface area contributed by atoms with Gasteiger partial charge in [0, 0.05) is 60.1 Å². The minimum atomic E-state index is -3.41. The minimum absolute atomic E-state index is 0.201. The topological polar surface area (TPSA) is 94.2 Å². The predicted molar refractivity (Wildman–Crippen MR) is 138 cm³/mol. The van der Waals surface area contributed by atoms with E-state index in [1.54, 1.807) is 18.3 Å². The lowest BCUT2D eigenvalue weighted by Crippen LogP contribution is -2.53. The van der Waals surface area contributed by atoms with Crippen LogP contribution >= 0.6 is 0 Å². The number of aromatic amines is 1. The van der Waals surface area contributed by atoms with E-state index in [0.717, 1.165) is 37.3 Å². The zero-order valence-electron chi connectivity index (χ0n) is 20.0. The van der Waals surface area contributed by atoms with Crippen LogP contribution in [0.4, 0.5) is 17.2 Å². The summed E-state index contributed by atoms with van der Waals surface area (Å²) >= 11 is 0. The first-order chi connectivity index (χ1) is 16.1. The monoisotopic (exact) mass is 478 g/mol. The fraction of sp³-hybridized carbons (Fsp3) is 0.360. The van der Waals surface area contributed by atoms with E-state index >= 15 is 0 Å². The molecule has 0 atom stereocenters. The van der Waals surface area contributed by atoms with Gasteiger partial charge < -0.3 is 10.2 Å². The zero-order valence-corrected chi connectivity index (χ0v) is 20.8. The fourth-order valence-electron chi connectivity index (χ4n) is 4.64. The molecular weight excluding hydrogens is 448 g/mol. The molecule has 0 unspecified atom stereocenters. The normalized spacial score (nSPS) is 15.8. The predicted octanol–water partition coefficient (Wildman–Crippen LogP) is 4.18. The van der Waals surface area contributed by atoms with Gasteiger partial charge in [-0.25, -0.2) is 13.4 Å². The minimum Gasteiger partial charge on any atom is -0.369 e. The molecule has 0 radical (unpaired) electrons. The van der Waals surface area contributed by atoms with E-state index in [2.05, 4.69) is 58.2 Å². The van der Waals surface area contributed by atoms with Crippen LogP contribution in [0.1, 0.15) is 20.8 Å². The molecule has 9 heteroatoms. The van der Waals surface area contributed by atoms with Gasteiger partial charge in [0.05, 0.1) is 16.6 Å². The summed E-state index contributed by atoms with van der Waals surface area (Å²) in [6.45, 7) is 10.9. The summed E-state index contributed by atoms with van der Waals surface area (Å²) in [6.07, 6.45) is 2.87. The number of H-pyrrole nitrogens is 1. The molecule has 1 aliphatic rings. The summed E-state index contributed by atoms with van der Waals surface area (Å²) in [5.41, 5.74) is 3.58. The molecule has 1 fully saturated rings. The lowest BCUT2D eigenvalue weighted by atomic mass is 10.0. The van der Waals surface area contributed by atoms with Crippen LogP contribution in [0.2, 0.25) is 0 Å². The van der Waals surface area contributed by atoms with Gasteiger partial charge in [-0.1, -0.05) is 6.07 Å². The molecule has 5 rings (SSSR count). The maximum absolute atomic E-state index is 12.3. The Morgan fingerprint density at radius 3 is 2.35 bits per heavy atom. The fourth-order valence-corrected chi connectivity index (χ4v) is 5.55. The van der Waals surface area contributed by atoms with Crippen LogP contribution < -0.4 is 10.2 Å². The Bertz CT molecular complexity index is 1450. The van der Waals surface area contributed by atoms with Gasteiger partial charge in [0.25, 0.3) is 0 Å². The number of nitrogens with zero attached hydrogens (tertiary/aromatic N) is 4. The molecule has 4 aromatic rings. The number of piperazine rings is 1. The first-order valence-corrected chi connectivity index (χ1v) is 13.3. The second-order valence-corrected chi connectivity index (χ2v) is 11.8. The summed E-state index contributed by atoms with van der Waals surface area (Å²) < 4.78 is 24.7. The summed E-state index contributed by atoms with van der Waals surface area (Å²) in [5.74, 6) is 0.609. The molecule has 8 nitrogen and oxygen atoms in total. The molecule has 0 amide bonds. The molecule has 2 aromatic carbocycles. The number of nitrogens with one attached hydrogen (secondary N) is 2. The highest BCUT2D eigenvalue weighted by molar-refractivity contribution is 7.91. The van der Waals surface area contributed by atoms with Crippen molar-refractivity contribution in [2.24, 2.45) is 0 Å². The number of pyridine rings is 1. The molecule has 2 aromatic heterocycles. The van der Waals surface area contributed by atoms with Crippen molar-refractivity contribution < 1.29 is 8.42 Å². The van der Waals surface area contributed by atoms with Crippen molar-refractivity contribution in [2.45, 2.75) is 31.2 Å². The van der Waals surface area contributed by atoms with Crippen LogP contribution in [0.25, 0.3) is 21.8 Å². The van der Waals surface area contributed by atoms with Crippen LogP contribution in [-0.2, 0) is 9.84 Å². The molecule has 0 aliphatic carbocycles. The Hall–Kier alpha value is -3.17. The van der Waals surface area contributed by atoms with E-state index in [9.17, 15) is 8.42 Å². The summed E-state index contributed by atoms with van der Waals surface area (Å²) in [7, 11) is -3.41. The van der Waals surface area contributed by atoms with Crippen molar-refractivity contribution in [3.63, 3.8) is 0 Å². The van der Waals surface area contributed by atoms with Crippen molar-refractivity contribution in [3.8, 4) is 0 Å². The van der Waals surface area contributed by atoms with Gasteiger partial charge in [-0.3, -0.25) is 10.00 Å². The number of rotatable bonds is 4. The van der Waals surface area contributed by atoms with Gasteiger partial charge in [-0.2, -0.15) is 5.10 Å². The number of sulfone groups is 1. The molecule has 34 heavy (non-hydrogen) atoms. The van der Waals surface area contributed by atoms with Gasteiger partial charge >= 0.3 is 0 Å². The average Bonchev–Trinajstić information content (AvgIpc) is 3.29. The molecule has 1 aliphatic heterocycles. The number of fused-ring (bicyclic) bond motifs is 3. The van der Waals surface area contributed by atoms with Gasteiger partial charge in [-0.05, 0) is 57.2 Å². The third kappa shape index (κ3) is 4.21. The highest BCUT2D eigenvalue weighted by atomic mass is 32.2. The first kappa shape index (κ1) is 22.6. The Morgan fingerprint density at radius 2 is 1.71 bits per heavy atom. The molecule has 0 saturated carbocycles. The Balaban J connectivity index is 1.41. The van der Waals surface area contributed by atoms with Crippen molar-refractivity contribution in [3.05, 3.63) is 48.7 Å². The first-order valence-electron chi connectivity index (χ1n) is 11.4. The number of anilines is 3. The molecular formula is C25H30N6O2S. The van der Waals surface area contributed by atoms with Gasteiger partial charge in [-0.15, -0.1) is 0 Å². The summed E-state index contributed by atoms with van der Waals surface area (Å²) in [6, 6.07) is 13.5.